The minimum atomic E-state index is -0.733. The lowest BCUT2D eigenvalue weighted by atomic mass is 9.91. The average molecular weight is 416 g/mol. The molecule has 2 heterocycles. The first-order valence-electron chi connectivity index (χ1n) is 10.7. The molecule has 2 aromatic carbocycles. The normalized spacial score (nSPS) is 21.8. The summed E-state index contributed by atoms with van der Waals surface area (Å²) in [5.41, 5.74) is 2.01. The Morgan fingerprint density at radius 2 is 1.77 bits per heavy atom. The molecular formula is C25H24N2O4. The summed E-state index contributed by atoms with van der Waals surface area (Å²) in [4.78, 5) is 31.1. The molecule has 31 heavy (non-hydrogen) atoms. The van der Waals surface area contributed by atoms with Gasteiger partial charge in [-0.1, -0.05) is 49.6 Å². The Bertz CT molecular complexity index is 1200. The average Bonchev–Trinajstić information content (AvgIpc) is 3.33. The largest absolute Gasteiger partial charge is 0.508 e. The molecule has 0 spiro atoms. The molecule has 6 heteroatoms. The molecule has 0 radical (unpaired) electrons. The molecule has 1 atom stereocenters. The molecule has 1 unspecified atom stereocenters. The van der Waals surface area contributed by atoms with Crippen molar-refractivity contribution < 1.29 is 19.8 Å². The maximum Gasteiger partial charge on any atom is 0.295 e. The van der Waals surface area contributed by atoms with Gasteiger partial charge in [-0.25, -0.2) is 0 Å². The molecule has 1 aliphatic carbocycles. The smallest absolute Gasteiger partial charge is 0.295 e. The summed E-state index contributed by atoms with van der Waals surface area (Å²) in [6.45, 7) is 0. The van der Waals surface area contributed by atoms with Gasteiger partial charge in [0.1, 0.15) is 11.5 Å². The Balaban J connectivity index is 1.71. The van der Waals surface area contributed by atoms with Crippen molar-refractivity contribution in [1.29, 1.82) is 0 Å². The van der Waals surface area contributed by atoms with Gasteiger partial charge in [0, 0.05) is 28.7 Å². The van der Waals surface area contributed by atoms with Crippen molar-refractivity contribution >= 4 is 28.4 Å². The minimum absolute atomic E-state index is 0.0545. The number of para-hydroxylation sites is 1. The third kappa shape index (κ3) is 3.19. The first-order valence-corrected chi connectivity index (χ1v) is 10.7. The van der Waals surface area contributed by atoms with E-state index in [0.29, 0.717) is 11.1 Å². The number of H-pyrrole nitrogens is 1. The number of hydrogen-bond donors (Lipinski definition) is 3. The fourth-order valence-electron chi connectivity index (χ4n) is 5.02. The summed E-state index contributed by atoms with van der Waals surface area (Å²) in [7, 11) is 0. The van der Waals surface area contributed by atoms with E-state index in [4.69, 9.17) is 0 Å². The van der Waals surface area contributed by atoms with Gasteiger partial charge in [0.05, 0.1) is 11.6 Å². The summed E-state index contributed by atoms with van der Waals surface area (Å²) in [6.07, 6.45) is 6.44. The first kappa shape index (κ1) is 19.4. The monoisotopic (exact) mass is 416 g/mol. The molecule has 1 aromatic heterocycles. The van der Waals surface area contributed by atoms with Gasteiger partial charge in [0.25, 0.3) is 11.7 Å². The number of hydrogen-bond acceptors (Lipinski definition) is 4. The van der Waals surface area contributed by atoms with Gasteiger partial charge in [-0.05, 0) is 36.6 Å². The lowest BCUT2D eigenvalue weighted by Gasteiger charge is -2.35. The van der Waals surface area contributed by atoms with E-state index in [9.17, 15) is 19.8 Å². The van der Waals surface area contributed by atoms with E-state index in [1.54, 1.807) is 35.4 Å². The summed E-state index contributed by atoms with van der Waals surface area (Å²) in [5.74, 6) is -1.40. The number of benzene rings is 2. The van der Waals surface area contributed by atoms with Gasteiger partial charge in [0.2, 0.25) is 0 Å². The number of carbonyl (C=O) groups excluding carboxylic acids is 2. The minimum Gasteiger partial charge on any atom is -0.508 e. The molecule has 1 aliphatic heterocycles. The van der Waals surface area contributed by atoms with Gasteiger partial charge in [-0.3, -0.25) is 9.59 Å². The maximum absolute atomic E-state index is 13.2. The van der Waals surface area contributed by atoms with Gasteiger partial charge in [-0.2, -0.15) is 0 Å². The van der Waals surface area contributed by atoms with Crippen LogP contribution in [0.15, 0.2) is 60.3 Å². The zero-order valence-electron chi connectivity index (χ0n) is 17.0. The number of ketones is 1. The van der Waals surface area contributed by atoms with Crippen LogP contribution in [0.2, 0.25) is 0 Å². The molecule has 2 fully saturated rings. The third-order valence-electron chi connectivity index (χ3n) is 6.48. The van der Waals surface area contributed by atoms with Crippen molar-refractivity contribution in [1.82, 2.24) is 9.88 Å². The Kier molecular flexibility index (Phi) is 4.77. The van der Waals surface area contributed by atoms with Crippen molar-refractivity contribution in [3.63, 3.8) is 0 Å². The van der Waals surface area contributed by atoms with Crippen molar-refractivity contribution in [3.8, 4) is 5.75 Å². The van der Waals surface area contributed by atoms with Crippen molar-refractivity contribution in [2.45, 2.75) is 44.2 Å². The predicted molar refractivity (Wildman–Crippen MR) is 117 cm³/mol. The third-order valence-corrected chi connectivity index (χ3v) is 6.48. The number of aliphatic hydroxyl groups excluding tert-OH is 1. The highest BCUT2D eigenvalue weighted by atomic mass is 16.3. The van der Waals surface area contributed by atoms with E-state index in [-0.39, 0.29) is 23.1 Å². The molecule has 1 saturated carbocycles. The Morgan fingerprint density at radius 3 is 2.55 bits per heavy atom. The molecular weight excluding hydrogens is 392 g/mol. The van der Waals surface area contributed by atoms with Gasteiger partial charge < -0.3 is 20.1 Å². The van der Waals surface area contributed by atoms with Crippen LogP contribution < -0.4 is 0 Å². The predicted octanol–water partition coefficient (Wildman–Crippen LogP) is 4.63. The fraction of sp³-hybridized carbons (Fsp3) is 0.280. The standard InChI is InChI=1S/C25H24N2O4/c28-17-10-6-7-15(13-17)22-21(23(29)19-14-26-20-12-5-4-11-18(19)20)24(30)25(31)27(22)16-8-2-1-3-9-16/h4-7,10-14,16,22,26,28-29H,1-3,8-9H2/b23-21-. The van der Waals surface area contributed by atoms with Crippen LogP contribution in [0.5, 0.6) is 5.75 Å². The Morgan fingerprint density at radius 1 is 1.00 bits per heavy atom. The van der Waals surface area contributed by atoms with E-state index < -0.39 is 17.7 Å². The van der Waals surface area contributed by atoms with E-state index >= 15 is 0 Å². The van der Waals surface area contributed by atoms with Crippen molar-refractivity contribution in [2.24, 2.45) is 0 Å². The number of aromatic nitrogens is 1. The number of phenols is 1. The number of aromatic hydroxyl groups is 1. The summed E-state index contributed by atoms with van der Waals surface area (Å²) in [5, 5.41) is 22.2. The zero-order chi connectivity index (χ0) is 21.5. The summed E-state index contributed by atoms with van der Waals surface area (Å²) < 4.78 is 0. The van der Waals surface area contributed by atoms with Crippen LogP contribution in [0.25, 0.3) is 16.7 Å². The van der Waals surface area contributed by atoms with E-state index in [2.05, 4.69) is 4.98 Å². The van der Waals surface area contributed by atoms with Crippen LogP contribution >= 0.6 is 0 Å². The molecule has 6 nitrogen and oxygen atoms in total. The number of aromatic amines is 1. The molecule has 3 N–H and O–H groups in total. The molecule has 3 aromatic rings. The van der Waals surface area contributed by atoms with Gasteiger partial charge in [-0.15, -0.1) is 0 Å². The zero-order valence-corrected chi connectivity index (χ0v) is 17.0. The van der Waals surface area contributed by atoms with Crippen molar-refractivity contribution in [2.75, 3.05) is 0 Å². The molecule has 1 saturated heterocycles. The number of phenolic OH excluding ortho intramolecular Hbond substituents is 1. The highest BCUT2D eigenvalue weighted by Gasteiger charge is 2.49. The van der Waals surface area contributed by atoms with E-state index in [1.165, 1.54) is 0 Å². The number of amides is 1. The number of likely N-dealkylation sites (tertiary alicyclic amines) is 1. The number of Topliss-reactive ketones (excluding diaryl/α,β-unsaturated/α-hetero) is 1. The lowest BCUT2D eigenvalue weighted by Crippen LogP contribution is -2.40. The number of fused-ring (bicyclic) bond motifs is 1. The summed E-state index contributed by atoms with van der Waals surface area (Å²) >= 11 is 0. The maximum atomic E-state index is 13.2. The topological polar surface area (TPSA) is 93.6 Å². The molecule has 5 rings (SSSR count). The second kappa shape index (κ2) is 7.61. The second-order valence-electron chi connectivity index (χ2n) is 8.34. The van der Waals surface area contributed by atoms with Crippen LogP contribution in [-0.2, 0) is 9.59 Å². The lowest BCUT2D eigenvalue weighted by molar-refractivity contribution is -0.141. The van der Waals surface area contributed by atoms with Crippen LogP contribution in [0.1, 0.15) is 49.3 Å². The molecule has 158 valence electrons. The van der Waals surface area contributed by atoms with Gasteiger partial charge >= 0.3 is 0 Å². The second-order valence-corrected chi connectivity index (χ2v) is 8.34. The van der Waals surface area contributed by atoms with Crippen LogP contribution in [0, 0.1) is 0 Å². The fourth-order valence-corrected chi connectivity index (χ4v) is 5.02. The molecule has 0 bridgehead atoms. The quantitative estimate of drug-likeness (QED) is 0.330. The first-order chi connectivity index (χ1) is 15.1. The van der Waals surface area contributed by atoms with Crippen LogP contribution in [-0.4, -0.2) is 37.8 Å². The number of rotatable bonds is 3. The number of nitrogens with zero attached hydrogens (tertiary/aromatic N) is 1. The highest BCUT2D eigenvalue weighted by Crippen LogP contribution is 2.44. The molecule has 2 aliphatic rings. The summed E-state index contributed by atoms with van der Waals surface area (Å²) in [6, 6.07) is 13.3. The Labute approximate surface area is 179 Å². The van der Waals surface area contributed by atoms with E-state index in [1.807, 2.05) is 24.3 Å². The number of carbonyl (C=O) groups is 2. The van der Waals surface area contributed by atoms with E-state index in [0.717, 1.165) is 43.0 Å². The Hall–Kier alpha value is -3.54. The number of nitrogens with one attached hydrogen (secondary N) is 1. The van der Waals surface area contributed by atoms with Crippen molar-refractivity contribution in [3.05, 3.63) is 71.4 Å². The number of aliphatic hydroxyl groups is 1. The highest BCUT2D eigenvalue weighted by molar-refractivity contribution is 6.46. The van der Waals surface area contributed by atoms with Gasteiger partial charge in [0.15, 0.2) is 0 Å². The van der Waals surface area contributed by atoms with Crippen LogP contribution in [0.4, 0.5) is 0 Å². The SMILES string of the molecule is O=C1C(=O)N(C2CCCCC2)C(c2cccc(O)c2)/C1=C(/O)c1c[nH]c2ccccc12. The molecule has 1 amide bonds. The van der Waals surface area contributed by atoms with Crippen LogP contribution in [0.3, 0.4) is 0 Å².